The number of hydrogen-bond donors (Lipinski definition) is 0. The molecule has 9 rings (SSSR count). The molecule has 0 aromatic heterocycles. The summed E-state index contributed by atoms with van der Waals surface area (Å²) in [5, 5.41) is 12.7. The lowest BCUT2D eigenvalue weighted by Gasteiger charge is -2.20. The van der Waals surface area contributed by atoms with E-state index >= 15 is 0 Å². The molecule has 0 radical (unpaired) electrons. The predicted molar refractivity (Wildman–Crippen MR) is 190 cm³/mol. The molecule has 0 heteroatoms. The van der Waals surface area contributed by atoms with Gasteiger partial charge in [-0.1, -0.05) is 158 Å². The Bertz CT molecular complexity index is 2530. The Balaban J connectivity index is 1.45. The van der Waals surface area contributed by atoms with Crippen molar-refractivity contribution in [3.8, 4) is 33.4 Å². The van der Waals surface area contributed by atoms with Crippen LogP contribution in [0, 0.1) is 0 Å². The minimum absolute atomic E-state index is 1.23. The molecule has 0 atom stereocenters. The van der Waals surface area contributed by atoms with Crippen LogP contribution in [0.1, 0.15) is 0 Å². The average molecular weight is 557 g/mol. The van der Waals surface area contributed by atoms with Crippen LogP contribution in [0.5, 0.6) is 0 Å². The highest BCUT2D eigenvalue weighted by atomic mass is 14.2. The number of rotatable bonds is 3. The second-order valence-electron chi connectivity index (χ2n) is 11.7. The molecule has 44 heavy (non-hydrogen) atoms. The van der Waals surface area contributed by atoms with Crippen LogP contribution in [0.4, 0.5) is 0 Å². The van der Waals surface area contributed by atoms with Gasteiger partial charge in [0.05, 0.1) is 0 Å². The Morgan fingerprint density at radius 1 is 0.227 bits per heavy atom. The topological polar surface area (TPSA) is 0 Å². The van der Waals surface area contributed by atoms with Crippen molar-refractivity contribution in [1.29, 1.82) is 0 Å². The summed E-state index contributed by atoms with van der Waals surface area (Å²) in [6, 6.07) is 62.4. The van der Waals surface area contributed by atoms with Crippen molar-refractivity contribution in [2.24, 2.45) is 0 Å². The van der Waals surface area contributed by atoms with Crippen LogP contribution in [0.2, 0.25) is 0 Å². The molecular weight excluding hydrogens is 528 g/mol. The molecule has 0 amide bonds. The minimum Gasteiger partial charge on any atom is -0.0622 e. The predicted octanol–water partition coefficient (Wildman–Crippen LogP) is 12.5. The highest BCUT2D eigenvalue weighted by molar-refractivity contribution is 6.24. The summed E-state index contributed by atoms with van der Waals surface area (Å²) in [6.07, 6.45) is 0. The third-order valence-corrected chi connectivity index (χ3v) is 9.23. The van der Waals surface area contributed by atoms with E-state index in [1.54, 1.807) is 0 Å². The van der Waals surface area contributed by atoms with E-state index in [0.717, 1.165) is 0 Å². The van der Waals surface area contributed by atoms with Gasteiger partial charge < -0.3 is 0 Å². The van der Waals surface area contributed by atoms with Crippen molar-refractivity contribution in [1.82, 2.24) is 0 Å². The molecule has 0 aliphatic carbocycles. The van der Waals surface area contributed by atoms with Crippen molar-refractivity contribution in [3.05, 3.63) is 170 Å². The van der Waals surface area contributed by atoms with Crippen LogP contribution in [0.3, 0.4) is 0 Å². The SMILES string of the molecule is c1ccc(-c2ccc3c(-c4cccc5ccccc45)c4ccccc4c(-c4ccc5ccc6ccccc6c5c4)c3c2)cc1. The largest absolute Gasteiger partial charge is 0.0622 e. The van der Waals surface area contributed by atoms with Gasteiger partial charge in [0.2, 0.25) is 0 Å². The van der Waals surface area contributed by atoms with Crippen LogP contribution < -0.4 is 0 Å². The Hall–Kier alpha value is -5.72. The normalized spacial score (nSPS) is 11.6. The molecule has 0 bridgehead atoms. The van der Waals surface area contributed by atoms with Crippen molar-refractivity contribution in [2.45, 2.75) is 0 Å². The summed E-state index contributed by atoms with van der Waals surface area (Å²) in [4.78, 5) is 0. The van der Waals surface area contributed by atoms with E-state index in [9.17, 15) is 0 Å². The first kappa shape index (κ1) is 24.8. The summed E-state index contributed by atoms with van der Waals surface area (Å²) in [7, 11) is 0. The third-order valence-electron chi connectivity index (χ3n) is 9.23. The van der Waals surface area contributed by atoms with Gasteiger partial charge in [-0.05, 0) is 99.4 Å². The number of benzene rings is 9. The van der Waals surface area contributed by atoms with Gasteiger partial charge in [-0.25, -0.2) is 0 Å². The standard InChI is InChI=1S/C44H28/c1-2-11-29(12-3-1)33-25-26-40-42(27-33)43(34-24-23-32-22-21-31-14-5-7-17-36(31)41(32)28-34)38-18-8-9-19-39(38)44(40)37-20-10-15-30-13-4-6-16-35(30)37/h1-28H. The lowest BCUT2D eigenvalue weighted by atomic mass is 9.83. The van der Waals surface area contributed by atoms with Crippen molar-refractivity contribution in [3.63, 3.8) is 0 Å². The van der Waals surface area contributed by atoms with Crippen molar-refractivity contribution < 1.29 is 0 Å². The molecule has 0 unspecified atom stereocenters. The first-order valence-electron chi connectivity index (χ1n) is 15.3. The molecule has 9 aromatic rings. The zero-order valence-electron chi connectivity index (χ0n) is 24.2. The van der Waals surface area contributed by atoms with Crippen LogP contribution in [0.25, 0.3) is 87.2 Å². The van der Waals surface area contributed by atoms with Crippen LogP contribution in [-0.2, 0) is 0 Å². The second kappa shape index (κ2) is 9.93. The Labute approximate surface area is 256 Å². The first-order chi connectivity index (χ1) is 21.8. The lowest BCUT2D eigenvalue weighted by molar-refractivity contribution is 1.64. The molecule has 0 nitrogen and oxygen atoms in total. The second-order valence-corrected chi connectivity index (χ2v) is 11.7. The molecule has 0 fully saturated rings. The van der Waals surface area contributed by atoms with Gasteiger partial charge in [0.1, 0.15) is 0 Å². The van der Waals surface area contributed by atoms with Crippen LogP contribution >= 0.6 is 0 Å². The fourth-order valence-electron chi connectivity index (χ4n) is 7.19. The van der Waals surface area contributed by atoms with E-state index in [-0.39, 0.29) is 0 Å². The van der Waals surface area contributed by atoms with Gasteiger partial charge in [0, 0.05) is 0 Å². The molecule has 0 heterocycles. The molecule has 0 saturated heterocycles. The van der Waals surface area contributed by atoms with E-state index in [4.69, 9.17) is 0 Å². The van der Waals surface area contributed by atoms with Crippen molar-refractivity contribution in [2.75, 3.05) is 0 Å². The molecule has 0 spiro atoms. The van der Waals surface area contributed by atoms with Gasteiger partial charge >= 0.3 is 0 Å². The molecule has 0 saturated carbocycles. The maximum atomic E-state index is 2.41. The molecule has 0 N–H and O–H groups in total. The van der Waals surface area contributed by atoms with E-state index in [0.29, 0.717) is 0 Å². The Kier molecular flexibility index (Phi) is 5.61. The summed E-state index contributed by atoms with van der Waals surface area (Å²) < 4.78 is 0. The van der Waals surface area contributed by atoms with Gasteiger partial charge in [-0.2, -0.15) is 0 Å². The molecule has 0 aliphatic rings. The smallest absolute Gasteiger partial charge is 0.00201 e. The maximum absolute atomic E-state index is 2.41. The fraction of sp³-hybridized carbons (Fsp3) is 0. The van der Waals surface area contributed by atoms with E-state index in [1.165, 1.54) is 87.2 Å². The number of hydrogen-bond acceptors (Lipinski definition) is 0. The molecule has 204 valence electrons. The Morgan fingerprint density at radius 3 is 1.55 bits per heavy atom. The van der Waals surface area contributed by atoms with E-state index in [1.807, 2.05) is 0 Å². The molecule has 9 aromatic carbocycles. The van der Waals surface area contributed by atoms with Crippen LogP contribution in [0.15, 0.2) is 170 Å². The lowest BCUT2D eigenvalue weighted by Crippen LogP contribution is -1.92. The number of fused-ring (bicyclic) bond motifs is 6. The molecule has 0 aliphatic heterocycles. The summed E-state index contributed by atoms with van der Waals surface area (Å²) in [6.45, 7) is 0. The Morgan fingerprint density at radius 2 is 0.750 bits per heavy atom. The van der Waals surface area contributed by atoms with Gasteiger partial charge in [0.25, 0.3) is 0 Å². The highest BCUT2D eigenvalue weighted by Gasteiger charge is 2.19. The van der Waals surface area contributed by atoms with Gasteiger partial charge in [-0.3, -0.25) is 0 Å². The third kappa shape index (κ3) is 3.85. The monoisotopic (exact) mass is 556 g/mol. The zero-order chi connectivity index (χ0) is 29.0. The maximum Gasteiger partial charge on any atom is -0.00201 e. The summed E-state index contributed by atoms with van der Waals surface area (Å²) in [5.74, 6) is 0. The summed E-state index contributed by atoms with van der Waals surface area (Å²) in [5.41, 5.74) is 7.54. The summed E-state index contributed by atoms with van der Waals surface area (Å²) >= 11 is 0. The van der Waals surface area contributed by atoms with E-state index in [2.05, 4.69) is 170 Å². The van der Waals surface area contributed by atoms with Gasteiger partial charge in [0.15, 0.2) is 0 Å². The molecular formula is C44H28. The minimum atomic E-state index is 1.23. The first-order valence-corrected chi connectivity index (χ1v) is 15.3. The van der Waals surface area contributed by atoms with Crippen LogP contribution in [-0.4, -0.2) is 0 Å². The fourth-order valence-corrected chi connectivity index (χ4v) is 7.19. The highest BCUT2D eigenvalue weighted by Crippen LogP contribution is 2.46. The average Bonchev–Trinajstić information content (AvgIpc) is 3.10. The van der Waals surface area contributed by atoms with Gasteiger partial charge in [-0.15, -0.1) is 0 Å². The van der Waals surface area contributed by atoms with Crippen molar-refractivity contribution >= 4 is 53.9 Å². The quantitative estimate of drug-likeness (QED) is 0.150. The van der Waals surface area contributed by atoms with E-state index < -0.39 is 0 Å². The zero-order valence-corrected chi connectivity index (χ0v) is 24.2.